The van der Waals surface area contributed by atoms with Gasteiger partial charge in [-0.05, 0) is 12.5 Å². The van der Waals surface area contributed by atoms with E-state index in [4.69, 9.17) is 29.0 Å². The van der Waals surface area contributed by atoms with Gasteiger partial charge in [0.05, 0.1) is 19.8 Å². The van der Waals surface area contributed by atoms with Gasteiger partial charge in [-0.3, -0.25) is 4.79 Å². The summed E-state index contributed by atoms with van der Waals surface area (Å²) in [5, 5.41) is 13.5. The second kappa shape index (κ2) is 10.8. The number of carbonyl (C=O) groups excluding carboxylic acids is 2. The highest BCUT2D eigenvalue weighted by Gasteiger charge is 2.55. The Morgan fingerprint density at radius 1 is 1.42 bits per heavy atom. The molecule has 0 radical (unpaired) electrons. The maximum Gasteiger partial charge on any atom is 0.366 e. The molecule has 0 aliphatic carbocycles. The standard InChI is InChI=1S/C14H28N2O8P2/c1-7(17)16-10-8(5-15)4-14(21-3,13(19)20-2)23-12(10)11(18)9(24-26)6-22-25/h8-12,18H,4-6,15,25-26H2,1-3H3,(H,16,17)/t8-,9-,10-,11-,12-,14?/m1/s1. The van der Waals surface area contributed by atoms with Crippen molar-refractivity contribution in [2.45, 2.75) is 43.5 Å². The van der Waals surface area contributed by atoms with Crippen LogP contribution in [0.15, 0.2) is 0 Å². The number of rotatable bonds is 9. The molecule has 8 atom stereocenters. The fourth-order valence-corrected chi connectivity index (χ4v) is 3.48. The first-order valence-corrected chi connectivity index (χ1v) is 8.88. The number of carbonyl (C=O) groups is 2. The summed E-state index contributed by atoms with van der Waals surface area (Å²) in [5.74, 6) is -3.27. The van der Waals surface area contributed by atoms with Crippen LogP contribution < -0.4 is 11.1 Å². The molecule has 4 N–H and O–H groups in total. The van der Waals surface area contributed by atoms with Gasteiger partial charge in [-0.15, -0.1) is 0 Å². The second-order valence-corrected chi connectivity index (χ2v) is 6.56. The molecule has 3 unspecified atom stereocenters. The molecule has 0 aromatic heterocycles. The molecular formula is C14H28N2O8P2. The van der Waals surface area contributed by atoms with Crippen LogP contribution in [0.25, 0.3) is 0 Å². The van der Waals surface area contributed by atoms with Crippen molar-refractivity contribution in [3.63, 3.8) is 0 Å². The van der Waals surface area contributed by atoms with E-state index in [0.29, 0.717) is 0 Å². The number of hydrogen-bond acceptors (Lipinski definition) is 9. The van der Waals surface area contributed by atoms with Crippen molar-refractivity contribution in [1.29, 1.82) is 0 Å². The van der Waals surface area contributed by atoms with Crippen molar-refractivity contribution in [3.8, 4) is 0 Å². The Kier molecular flexibility index (Phi) is 9.79. The van der Waals surface area contributed by atoms with Gasteiger partial charge in [-0.25, -0.2) is 4.79 Å². The number of esters is 1. The number of amides is 1. The average molecular weight is 414 g/mol. The van der Waals surface area contributed by atoms with Crippen LogP contribution in [0.1, 0.15) is 13.3 Å². The van der Waals surface area contributed by atoms with Gasteiger partial charge in [0.25, 0.3) is 5.79 Å². The van der Waals surface area contributed by atoms with E-state index in [1.165, 1.54) is 21.1 Å². The third-order valence-corrected chi connectivity index (χ3v) is 4.91. The predicted octanol–water partition coefficient (Wildman–Crippen LogP) is -1.29. The van der Waals surface area contributed by atoms with Gasteiger partial charge >= 0.3 is 5.97 Å². The molecule has 1 fully saturated rings. The average Bonchev–Trinajstić information content (AvgIpc) is 2.64. The third-order valence-electron chi connectivity index (χ3n) is 4.37. The number of aliphatic hydroxyl groups is 1. The van der Waals surface area contributed by atoms with E-state index in [0.717, 1.165) is 0 Å². The minimum atomic E-state index is -1.76. The van der Waals surface area contributed by atoms with E-state index in [1.807, 2.05) is 9.47 Å². The molecule has 152 valence electrons. The highest BCUT2D eigenvalue weighted by Crippen LogP contribution is 2.37. The summed E-state index contributed by atoms with van der Waals surface area (Å²) < 4.78 is 26.1. The van der Waals surface area contributed by atoms with E-state index in [9.17, 15) is 14.7 Å². The van der Waals surface area contributed by atoms with Crippen molar-refractivity contribution < 1.29 is 38.0 Å². The Morgan fingerprint density at radius 3 is 2.50 bits per heavy atom. The first kappa shape index (κ1) is 23.6. The van der Waals surface area contributed by atoms with Crippen LogP contribution in [-0.4, -0.2) is 74.5 Å². The smallest absolute Gasteiger partial charge is 0.366 e. The van der Waals surface area contributed by atoms with Crippen LogP contribution in [0.5, 0.6) is 0 Å². The van der Waals surface area contributed by atoms with Gasteiger partial charge in [-0.2, -0.15) is 0 Å². The van der Waals surface area contributed by atoms with Crippen molar-refractivity contribution in [2.24, 2.45) is 11.7 Å². The molecular weight excluding hydrogens is 386 g/mol. The monoisotopic (exact) mass is 414 g/mol. The zero-order chi connectivity index (χ0) is 19.9. The maximum absolute atomic E-state index is 12.3. The van der Waals surface area contributed by atoms with Gasteiger partial charge in [0, 0.05) is 39.4 Å². The number of nitrogens with two attached hydrogens (primary N) is 1. The summed E-state index contributed by atoms with van der Waals surface area (Å²) >= 11 is 0. The van der Waals surface area contributed by atoms with Crippen molar-refractivity contribution in [1.82, 2.24) is 5.32 Å². The molecule has 0 saturated carbocycles. The summed E-state index contributed by atoms with van der Waals surface area (Å²) in [4.78, 5) is 24.0. The maximum atomic E-state index is 12.3. The molecule has 1 saturated heterocycles. The van der Waals surface area contributed by atoms with Crippen molar-refractivity contribution in [2.75, 3.05) is 27.4 Å². The quantitative estimate of drug-likeness (QED) is 0.311. The zero-order valence-electron chi connectivity index (χ0n) is 15.0. The molecule has 0 spiro atoms. The molecule has 0 bridgehead atoms. The Morgan fingerprint density at radius 2 is 2.08 bits per heavy atom. The molecule has 1 aliphatic heterocycles. The molecule has 0 aromatic rings. The third kappa shape index (κ3) is 5.30. The number of hydrogen-bond donors (Lipinski definition) is 3. The Bertz CT molecular complexity index is 486. The summed E-state index contributed by atoms with van der Waals surface area (Å²) in [6.45, 7) is 1.48. The van der Waals surface area contributed by atoms with Crippen LogP contribution in [0.2, 0.25) is 0 Å². The van der Waals surface area contributed by atoms with E-state index < -0.39 is 42.0 Å². The van der Waals surface area contributed by atoms with Crippen LogP contribution in [0, 0.1) is 5.92 Å². The number of nitrogens with one attached hydrogen (secondary N) is 1. The Hall–Kier alpha value is -0.440. The van der Waals surface area contributed by atoms with Crippen molar-refractivity contribution in [3.05, 3.63) is 0 Å². The molecule has 1 amide bonds. The highest BCUT2D eigenvalue weighted by atomic mass is 31.0. The lowest BCUT2D eigenvalue weighted by Gasteiger charge is -2.48. The minimum absolute atomic E-state index is 0.0213. The Labute approximate surface area is 157 Å². The van der Waals surface area contributed by atoms with Crippen LogP contribution in [0.4, 0.5) is 0 Å². The molecule has 26 heavy (non-hydrogen) atoms. The van der Waals surface area contributed by atoms with E-state index in [-0.39, 0.29) is 25.5 Å². The Balaban J connectivity index is 3.29. The summed E-state index contributed by atoms with van der Waals surface area (Å²) in [5.41, 5.74) is 5.86. The first-order valence-electron chi connectivity index (χ1n) is 7.94. The lowest BCUT2D eigenvalue weighted by Crippen LogP contribution is -2.67. The van der Waals surface area contributed by atoms with Gasteiger partial charge < -0.3 is 39.4 Å². The van der Waals surface area contributed by atoms with E-state index in [2.05, 4.69) is 14.8 Å². The van der Waals surface area contributed by atoms with Crippen LogP contribution in [0.3, 0.4) is 0 Å². The topological polar surface area (TPSA) is 139 Å². The fourth-order valence-electron chi connectivity index (χ4n) is 3.05. The lowest BCUT2D eigenvalue weighted by atomic mass is 9.82. The zero-order valence-corrected chi connectivity index (χ0v) is 17.4. The van der Waals surface area contributed by atoms with Gasteiger partial charge in [0.15, 0.2) is 0 Å². The minimum Gasteiger partial charge on any atom is -0.465 e. The SMILES string of the molecule is COC(=O)C1(OC)C[C@H](CN)[C@@H](NC(C)=O)[C@H]([C@H](O)[C@@H](COP)OP)O1. The normalized spacial score (nSPS) is 31.1. The van der Waals surface area contributed by atoms with Crippen molar-refractivity contribution >= 4 is 30.8 Å². The molecule has 1 rings (SSSR count). The lowest BCUT2D eigenvalue weighted by molar-refractivity contribution is -0.297. The predicted molar refractivity (Wildman–Crippen MR) is 97.6 cm³/mol. The molecule has 10 nitrogen and oxygen atoms in total. The number of methoxy groups -OCH3 is 2. The summed E-state index contributed by atoms with van der Waals surface area (Å²) in [7, 11) is 6.59. The van der Waals surface area contributed by atoms with Gasteiger partial charge in [-0.1, -0.05) is 0 Å². The molecule has 1 aliphatic rings. The number of aliphatic hydroxyl groups excluding tert-OH is 1. The summed E-state index contributed by atoms with van der Waals surface area (Å²) in [6.07, 6.45) is -3.10. The van der Waals surface area contributed by atoms with E-state index >= 15 is 0 Å². The largest absolute Gasteiger partial charge is 0.465 e. The van der Waals surface area contributed by atoms with Crippen LogP contribution >= 0.6 is 18.9 Å². The molecule has 0 aromatic carbocycles. The molecule has 1 heterocycles. The fraction of sp³-hybridized carbons (Fsp3) is 0.857. The molecule has 12 heteroatoms. The van der Waals surface area contributed by atoms with Gasteiger partial charge in [0.2, 0.25) is 5.91 Å². The first-order chi connectivity index (χ1) is 12.3. The van der Waals surface area contributed by atoms with Crippen LogP contribution in [-0.2, 0) is 32.8 Å². The van der Waals surface area contributed by atoms with E-state index in [1.54, 1.807) is 0 Å². The highest BCUT2D eigenvalue weighted by molar-refractivity contribution is 7.10. The summed E-state index contributed by atoms with van der Waals surface area (Å²) in [6, 6.07) is -0.674. The number of ether oxygens (including phenoxy) is 3. The van der Waals surface area contributed by atoms with Gasteiger partial charge in [0.1, 0.15) is 18.3 Å². The second-order valence-electron chi connectivity index (χ2n) is 5.96.